The maximum Gasteiger partial charge on any atom is 0.308 e. The van der Waals surface area contributed by atoms with Gasteiger partial charge in [0.15, 0.2) is 5.82 Å². The Morgan fingerprint density at radius 2 is 2.09 bits per heavy atom. The van der Waals surface area contributed by atoms with Crippen molar-refractivity contribution in [1.82, 2.24) is 14.4 Å². The Balaban J connectivity index is 1.60. The fourth-order valence-electron chi connectivity index (χ4n) is 4.42. The molecule has 1 aromatic carbocycles. The topological polar surface area (TPSA) is 87.0 Å². The van der Waals surface area contributed by atoms with Crippen molar-refractivity contribution in [3.8, 4) is 11.5 Å². The molecule has 8 nitrogen and oxygen atoms in total. The molecule has 32 heavy (non-hydrogen) atoms. The predicted octanol–water partition coefficient (Wildman–Crippen LogP) is 4.57. The van der Waals surface area contributed by atoms with Crippen LogP contribution in [0.3, 0.4) is 0 Å². The Hall–Kier alpha value is -2.81. The van der Waals surface area contributed by atoms with E-state index < -0.39 is 0 Å². The highest BCUT2D eigenvalue weighted by Gasteiger charge is 2.31. The molecule has 1 aliphatic carbocycles. The van der Waals surface area contributed by atoms with Gasteiger partial charge < -0.3 is 19.5 Å². The van der Waals surface area contributed by atoms with E-state index in [1.54, 1.807) is 20.4 Å². The minimum Gasteiger partial charge on any atom is -0.497 e. The van der Waals surface area contributed by atoms with Crippen LogP contribution in [0.2, 0.25) is 0 Å². The normalized spacial score (nSPS) is 18.4. The molecule has 3 aromatic rings. The molecule has 1 aliphatic rings. The summed E-state index contributed by atoms with van der Waals surface area (Å²) in [6.45, 7) is 0.528. The van der Waals surface area contributed by atoms with Crippen LogP contribution in [0.25, 0.3) is 5.52 Å². The molecule has 4 rings (SSSR count). The first kappa shape index (κ1) is 22.4. The number of nitrogens with one attached hydrogen (secondary N) is 1. The second-order valence-electron chi connectivity index (χ2n) is 7.87. The Labute approximate surface area is 195 Å². The van der Waals surface area contributed by atoms with Crippen molar-refractivity contribution in [3.63, 3.8) is 0 Å². The smallest absolute Gasteiger partial charge is 0.308 e. The van der Waals surface area contributed by atoms with Gasteiger partial charge in [0.2, 0.25) is 0 Å². The van der Waals surface area contributed by atoms with E-state index in [2.05, 4.69) is 30.6 Å². The van der Waals surface area contributed by atoms with E-state index in [4.69, 9.17) is 19.2 Å². The third-order valence-corrected chi connectivity index (χ3v) is 6.61. The van der Waals surface area contributed by atoms with Crippen molar-refractivity contribution in [2.24, 2.45) is 5.92 Å². The van der Waals surface area contributed by atoms with Gasteiger partial charge in [0.05, 0.1) is 27.2 Å². The predicted molar refractivity (Wildman–Crippen MR) is 124 cm³/mol. The first-order valence-electron chi connectivity index (χ1n) is 10.6. The molecule has 0 bridgehead atoms. The van der Waals surface area contributed by atoms with Gasteiger partial charge in [0.25, 0.3) is 0 Å². The number of esters is 1. The number of rotatable bonds is 7. The number of halogens is 1. The Kier molecular flexibility index (Phi) is 6.83. The zero-order valence-electron chi connectivity index (χ0n) is 18.4. The maximum absolute atomic E-state index is 12.1. The van der Waals surface area contributed by atoms with Crippen LogP contribution >= 0.6 is 15.9 Å². The Morgan fingerprint density at radius 3 is 2.84 bits per heavy atom. The van der Waals surface area contributed by atoms with Crippen molar-refractivity contribution in [2.45, 2.75) is 38.1 Å². The molecule has 0 unspecified atom stereocenters. The maximum atomic E-state index is 12.1. The van der Waals surface area contributed by atoms with Crippen molar-refractivity contribution in [3.05, 3.63) is 46.6 Å². The highest BCUT2D eigenvalue weighted by Crippen LogP contribution is 2.38. The van der Waals surface area contributed by atoms with Crippen LogP contribution in [0.15, 0.2) is 35.2 Å². The van der Waals surface area contributed by atoms with E-state index in [1.807, 2.05) is 24.4 Å². The third kappa shape index (κ3) is 4.39. The lowest BCUT2D eigenvalue weighted by molar-refractivity contribution is -0.146. The summed E-state index contributed by atoms with van der Waals surface area (Å²) in [6.07, 6.45) is 7.26. The second-order valence-corrected chi connectivity index (χ2v) is 8.62. The Bertz CT molecular complexity index is 1120. The SMILES string of the molecule is COC(=O)[C@H]1CCC[C@@H](c2nc(Br)c3c(NCc4ccc(OC)cc4OC)nccn23)C1. The van der Waals surface area contributed by atoms with Crippen LogP contribution in [0.5, 0.6) is 11.5 Å². The molecule has 0 radical (unpaired) electrons. The molecule has 1 N–H and O–H groups in total. The largest absolute Gasteiger partial charge is 0.497 e. The monoisotopic (exact) mass is 502 g/mol. The number of anilines is 1. The second kappa shape index (κ2) is 9.77. The lowest BCUT2D eigenvalue weighted by Gasteiger charge is -2.26. The molecule has 2 heterocycles. The zero-order chi connectivity index (χ0) is 22.7. The molecule has 1 saturated carbocycles. The lowest BCUT2D eigenvalue weighted by Crippen LogP contribution is -2.24. The molecule has 2 aromatic heterocycles. The lowest BCUT2D eigenvalue weighted by atomic mass is 9.81. The van der Waals surface area contributed by atoms with Gasteiger partial charge in [-0.1, -0.05) is 6.42 Å². The number of hydrogen-bond acceptors (Lipinski definition) is 7. The van der Waals surface area contributed by atoms with Crippen LogP contribution in [-0.2, 0) is 16.1 Å². The molecular weight excluding hydrogens is 476 g/mol. The van der Waals surface area contributed by atoms with Crippen LogP contribution < -0.4 is 14.8 Å². The number of methoxy groups -OCH3 is 3. The summed E-state index contributed by atoms with van der Waals surface area (Å²) < 4.78 is 18.6. The minimum atomic E-state index is -0.132. The number of benzene rings is 1. The average Bonchev–Trinajstić information content (AvgIpc) is 3.19. The number of aromatic nitrogens is 3. The summed E-state index contributed by atoms with van der Waals surface area (Å²) in [5.74, 6) is 3.12. The quantitative estimate of drug-likeness (QED) is 0.473. The van der Waals surface area contributed by atoms with Gasteiger partial charge >= 0.3 is 5.97 Å². The van der Waals surface area contributed by atoms with Crippen molar-refractivity contribution in [2.75, 3.05) is 26.6 Å². The molecule has 9 heteroatoms. The highest BCUT2D eigenvalue weighted by atomic mass is 79.9. The summed E-state index contributed by atoms with van der Waals surface area (Å²) in [6, 6.07) is 5.73. The van der Waals surface area contributed by atoms with E-state index in [0.29, 0.717) is 6.54 Å². The summed E-state index contributed by atoms with van der Waals surface area (Å²) in [7, 11) is 4.73. The molecule has 170 valence electrons. The number of imidazole rings is 1. The Morgan fingerprint density at radius 1 is 1.25 bits per heavy atom. The number of fused-ring (bicyclic) bond motifs is 1. The first-order chi connectivity index (χ1) is 15.5. The molecule has 0 saturated heterocycles. The van der Waals surface area contributed by atoms with Crippen molar-refractivity contribution in [1.29, 1.82) is 0 Å². The molecule has 2 atom stereocenters. The summed E-state index contributed by atoms with van der Waals surface area (Å²) >= 11 is 3.62. The molecule has 1 fully saturated rings. The fourth-order valence-corrected chi connectivity index (χ4v) is 4.98. The fraction of sp³-hybridized carbons (Fsp3) is 0.435. The number of nitrogens with zero attached hydrogens (tertiary/aromatic N) is 3. The zero-order valence-corrected chi connectivity index (χ0v) is 20.0. The van der Waals surface area contributed by atoms with Crippen molar-refractivity contribution < 1.29 is 19.0 Å². The van der Waals surface area contributed by atoms with Gasteiger partial charge in [0, 0.05) is 36.5 Å². The van der Waals surface area contributed by atoms with Gasteiger partial charge in [0.1, 0.15) is 27.4 Å². The minimum absolute atomic E-state index is 0.0770. The van der Waals surface area contributed by atoms with Crippen molar-refractivity contribution >= 4 is 33.2 Å². The van der Waals surface area contributed by atoms with E-state index in [-0.39, 0.29) is 17.8 Å². The third-order valence-electron chi connectivity index (χ3n) is 6.05. The van der Waals surface area contributed by atoms with Crippen LogP contribution in [0.1, 0.15) is 43.0 Å². The van der Waals surface area contributed by atoms with E-state index in [1.165, 1.54) is 7.11 Å². The standard InChI is InChI=1S/C23H27BrN4O4/c1-30-17-8-7-16(18(12-17)31-2)13-26-21-19-20(24)27-22(28(19)10-9-25-21)14-5-4-6-15(11-14)23(29)32-3/h7-10,12,14-15H,4-6,11,13H2,1-3H3,(H,25,26)/t14-,15+/m1/s1. The van der Waals surface area contributed by atoms with Crippen LogP contribution in [-0.4, -0.2) is 41.7 Å². The number of ether oxygens (including phenoxy) is 3. The summed E-state index contributed by atoms with van der Waals surface area (Å²) in [5.41, 5.74) is 1.86. The van der Waals surface area contributed by atoms with Gasteiger partial charge in [-0.2, -0.15) is 0 Å². The van der Waals surface area contributed by atoms with E-state index >= 15 is 0 Å². The molecular formula is C23H27BrN4O4. The van der Waals surface area contributed by atoms with E-state index in [0.717, 1.165) is 64.5 Å². The molecule has 0 spiro atoms. The average molecular weight is 503 g/mol. The van der Waals surface area contributed by atoms with E-state index in [9.17, 15) is 4.79 Å². The molecule has 0 aliphatic heterocycles. The summed E-state index contributed by atoms with van der Waals surface area (Å²) in [5, 5.41) is 3.41. The van der Waals surface area contributed by atoms with Gasteiger partial charge in [-0.05, 0) is 47.3 Å². The number of hydrogen-bond donors (Lipinski definition) is 1. The van der Waals surface area contributed by atoms with Crippen LogP contribution in [0.4, 0.5) is 5.82 Å². The van der Waals surface area contributed by atoms with Gasteiger partial charge in [-0.3, -0.25) is 9.20 Å². The molecule has 0 amide bonds. The number of carbonyl (C=O) groups excluding carboxylic acids is 1. The van der Waals surface area contributed by atoms with Gasteiger partial charge in [-0.15, -0.1) is 0 Å². The van der Waals surface area contributed by atoms with Gasteiger partial charge in [-0.25, -0.2) is 9.97 Å². The van der Waals surface area contributed by atoms with Crippen LogP contribution in [0, 0.1) is 5.92 Å². The number of carbonyl (C=O) groups is 1. The highest BCUT2D eigenvalue weighted by molar-refractivity contribution is 9.10. The first-order valence-corrected chi connectivity index (χ1v) is 11.4. The summed E-state index contributed by atoms with van der Waals surface area (Å²) in [4.78, 5) is 21.4.